The Hall–Kier alpha value is -2.98. The Balaban J connectivity index is 1.77. The minimum absolute atomic E-state index is 0.0413. The number of hydrogen-bond donors (Lipinski definition) is 2. The number of fused-ring (bicyclic) bond motifs is 1. The molecule has 0 radical (unpaired) electrons. The van der Waals surface area contributed by atoms with Gasteiger partial charge in [-0.1, -0.05) is 28.1 Å². The lowest BCUT2D eigenvalue weighted by Crippen LogP contribution is -2.15. The lowest BCUT2D eigenvalue weighted by Gasteiger charge is -2.13. The number of halogens is 1. The Labute approximate surface area is 169 Å². The Kier molecular flexibility index (Phi) is 4.73. The molecular weight excluding hydrogens is 444 g/mol. The van der Waals surface area contributed by atoms with Crippen LogP contribution in [0.2, 0.25) is 0 Å². The summed E-state index contributed by atoms with van der Waals surface area (Å²) in [6.07, 6.45) is 2.69. The molecule has 0 amide bonds. The third-order valence-electron chi connectivity index (χ3n) is 3.90. The smallest absolute Gasteiger partial charge is 0.266 e. The number of benzene rings is 2. The summed E-state index contributed by atoms with van der Waals surface area (Å²) >= 11 is 3.39. The van der Waals surface area contributed by atoms with Crippen LogP contribution >= 0.6 is 15.9 Å². The molecule has 2 aromatic carbocycles. The highest BCUT2D eigenvalue weighted by atomic mass is 79.9. The van der Waals surface area contributed by atoms with Crippen molar-refractivity contribution in [2.75, 3.05) is 10.0 Å². The molecule has 0 aliphatic heterocycles. The first-order chi connectivity index (χ1) is 13.4. The molecule has 0 atom stereocenters. The molecule has 0 saturated carbocycles. The second kappa shape index (κ2) is 7.21. The molecule has 10 heteroatoms. The van der Waals surface area contributed by atoms with Crippen LogP contribution in [0.1, 0.15) is 0 Å². The zero-order valence-electron chi connectivity index (χ0n) is 14.7. The minimum Gasteiger partial charge on any atom is -0.337 e. The molecule has 0 aliphatic carbocycles. The molecule has 2 N–H and O–H groups in total. The van der Waals surface area contributed by atoms with E-state index in [1.54, 1.807) is 13.1 Å². The topological polar surface area (TPSA) is 102 Å². The van der Waals surface area contributed by atoms with Gasteiger partial charge in [0.2, 0.25) is 0 Å². The van der Waals surface area contributed by atoms with Gasteiger partial charge < -0.3 is 5.32 Å². The average molecular weight is 459 g/mol. The van der Waals surface area contributed by atoms with Crippen LogP contribution in [0.25, 0.3) is 11.0 Å². The van der Waals surface area contributed by atoms with E-state index in [9.17, 15) is 8.42 Å². The Morgan fingerprint density at radius 3 is 2.21 bits per heavy atom. The first kappa shape index (κ1) is 18.4. The maximum absolute atomic E-state index is 12.7. The molecule has 0 bridgehead atoms. The van der Waals surface area contributed by atoms with E-state index in [1.165, 1.54) is 17.1 Å². The van der Waals surface area contributed by atoms with Crippen LogP contribution in [-0.2, 0) is 17.1 Å². The number of anilines is 3. The van der Waals surface area contributed by atoms with Gasteiger partial charge in [0.15, 0.2) is 11.6 Å². The largest absolute Gasteiger partial charge is 0.337 e. The fourth-order valence-electron chi connectivity index (χ4n) is 2.55. The van der Waals surface area contributed by atoms with Crippen molar-refractivity contribution in [2.45, 2.75) is 4.90 Å². The van der Waals surface area contributed by atoms with E-state index in [0.717, 1.165) is 10.2 Å². The SMILES string of the molecule is Cn1cc(S(=O)(=O)Nc2nc3ccccc3nc2Nc2ccc(Br)cc2)cn1. The molecule has 0 fully saturated rings. The lowest BCUT2D eigenvalue weighted by molar-refractivity contribution is 0.601. The molecule has 8 nitrogen and oxygen atoms in total. The summed E-state index contributed by atoms with van der Waals surface area (Å²) < 4.78 is 30.3. The number of para-hydroxylation sites is 2. The van der Waals surface area contributed by atoms with Crippen LogP contribution in [0.3, 0.4) is 0 Å². The molecule has 142 valence electrons. The van der Waals surface area contributed by atoms with E-state index in [-0.39, 0.29) is 10.7 Å². The van der Waals surface area contributed by atoms with Crippen molar-refractivity contribution in [3.05, 3.63) is 65.4 Å². The zero-order valence-corrected chi connectivity index (χ0v) is 17.1. The summed E-state index contributed by atoms with van der Waals surface area (Å²) in [5.74, 6) is 0.402. The molecule has 2 heterocycles. The third-order valence-corrected chi connectivity index (χ3v) is 5.72. The standard InChI is InChI=1S/C18H15BrN6O2S/c1-25-11-14(10-20-25)28(26,27)24-18-17(21-13-8-6-12(19)7-9-13)22-15-4-2-3-5-16(15)23-18/h2-11H,1H3,(H,21,22)(H,23,24). The molecule has 0 aliphatic rings. The monoisotopic (exact) mass is 458 g/mol. The van der Waals surface area contributed by atoms with Crippen LogP contribution in [0.4, 0.5) is 17.3 Å². The highest BCUT2D eigenvalue weighted by molar-refractivity contribution is 9.10. The van der Waals surface area contributed by atoms with Gasteiger partial charge in [-0.2, -0.15) is 5.10 Å². The van der Waals surface area contributed by atoms with E-state index in [4.69, 9.17) is 0 Å². The molecule has 28 heavy (non-hydrogen) atoms. The van der Waals surface area contributed by atoms with Crippen molar-refractivity contribution in [1.29, 1.82) is 0 Å². The molecule has 2 aromatic heterocycles. The number of nitrogens with zero attached hydrogens (tertiary/aromatic N) is 4. The molecule has 4 rings (SSSR count). The number of sulfonamides is 1. The summed E-state index contributed by atoms with van der Waals surface area (Å²) in [7, 11) is -2.22. The highest BCUT2D eigenvalue weighted by Gasteiger charge is 2.20. The molecular formula is C18H15BrN6O2S. The van der Waals surface area contributed by atoms with Gasteiger partial charge in [-0.15, -0.1) is 0 Å². The van der Waals surface area contributed by atoms with Crippen LogP contribution in [-0.4, -0.2) is 28.2 Å². The molecule has 4 aromatic rings. The first-order valence-corrected chi connectivity index (χ1v) is 10.5. The van der Waals surface area contributed by atoms with Crippen molar-refractivity contribution in [2.24, 2.45) is 7.05 Å². The molecule has 0 saturated heterocycles. The van der Waals surface area contributed by atoms with Gasteiger partial charge in [0.1, 0.15) is 4.90 Å². The third kappa shape index (κ3) is 3.82. The van der Waals surface area contributed by atoms with Crippen LogP contribution in [0.15, 0.2) is 70.3 Å². The second-order valence-corrected chi connectivity index (χ2v) is 8.59. The quantitative estimate of drug-likeness (QED) is 0.472. The lowest BCUT2D eigenvalue weighted by atomic mass is 10.3. The predicted molar refractivity (Wildman–Crippen MR) is 111 cm³/mol. The maximum atomic E-state index is 12.7. The van der Waals surface area contributed by atoms with E-state index in [2.05, 4.69) is 41.0 Å². The van der Waals surface area contributed by atoms with Gasteiger partial charge in [-0.05, 0) is 36.4 Å². The number of rotatable bonds is 5. The van der Waals surface area contributed by atoms with Gasteiger partial charge in [-0.3, -0.25) is 9.40 Å². The number of aryl methyl sites for hydroxylation is 1. The first-order valence-electron chi connectivity index (χ1n) is 8.21. The van der Waals surface area contributed by atoms with Crippen LogP contribution < -0.4 is 10.0 Å². The average Bonchev–Trinajstić information content (AvgIpc) is 3.11. The fourth-order valence-corrected chi connectivity index (χ4v) is 3.81. The Bertz CT molecular complexity index is 1250. The van der Waals surface area contributed by atoms with Crippen molar-refractivity contribution in [3.8, 4) is 0 Å². The minimum atomic E-state index is -3.87. The van der Waals surface area contributed by atoms with E-state index in [1.807, 2.05) is 42.5 Å². The normalized spacial score (nSPS) is 11.5. The van der Waals surface area contributed by atoms with Gasteiger partial charge in [0.25, 0.3) is 10.0 Å². The van der Waals surface area contributed by atoms with Crippen molar-refractivity contribution < 1.29 is 8.42 Å². The Morgan fingerprint density at radius 1 is 0.964 bits per heavy atom. The van der Waals surface area contributed by atoms with Gasteiger partial charge in [0, 0.05) is 23.4 Å². The maximum Gasteiger partial charge on any atom is 0.266 e. The van der Waals surface area contributed by atoms with Gasteiger partial charge in [0.05, 0.1) is 17.2 Å². The van der Waals surface area contributed by atoms with Crippen LogP contribution in [0.5, 0.6) is 0 Å². The Morgan fingerprint density at radius 2 is 1.61 bits per heavy atom. The predicted octanol–water partition coefficient (Wildman–Crippen LogP) is 3.67. The van der Waals surface area contributed by atoms with Crippen molar-refractivity contribution >= 4 is 54.3 Å². The van der Waals surface area contributed by atoms with E-state index in [0.29, 0.717) is 16.9 Å². The van der Waals surface area contributed by atoms with E-state index < -0.39 is 10.0 Å². The highest BCUT2D eigenvalue weighted by Crippen LogP contribution is 2.27. The number of aromatic nitrogens is 4. The van der Waals surface area contributed by atoms with Gasteiger partial charge >= 0.3 is 0 Å². The number of nitrogens with one attached hydrogen (secondary N) is 2. The fraction of sp³-hybridized carbons (Fsp3) is 0.0556. The summed E-state index contributed by atoms with van der Waals surface area (Å²) in [5, 5.41) is 7.04. The summed E-state index contributed by atoms with van der Waals surface area (Å²) in [5.41, 5.74) is 1.97. The zero-order chi connectivity index (χ0) is 19.7. The second-order valence-electron chi connectivity index (χ2n) is 6.00. The molecule has 0 unspecified atom stereocenters. The van der Waals surface area contributed by atoms with Crippen LogP contribution in [0, 0.1) is 0 Å². The molecule has 0 spiro atoms. The van der Waals surface area contributed by atoms with E-state index >= 15 is 0 Å². The number of hydrogen-bond acceptors (Lipinski definition) is 6. The summed E-state index contributed by atoms with van der Waals surface area (Å²) in [6.45, 7) is 0. The summed E-state index contributed by atoms with van der Waals surface area (Å²) in [6, 6.07) is 14.7. The van der Waals surface area contributed by atoms with Crippen molar-refractivity contribution in [1.82, 2.24) is 19.7 Å². The van der Waals surface area contributed by atoms with Gasteiger partial charge in [-0.25, -0.2) is 18.4 Å². The summed E-state index contributed by atoms with van der Waals surface area (Å²) in [4.78, 5) is 9.04. The van der Waals surface area contributed by atoms with Crippen molar-refractivity contribution in [3.63, 3.8) is 0 Å².